The number of nitrogens with zero attached hydrogens (tertiary/aromatic N) is 1. The molecule has 13 heteroatoms. The van der Waals surface area contributed by atoms with E-state index in [4.69, 9.17) is 4.74 Å². The van der Waals surface area contributed by atoms with Gasteiger partial charge in [-0.2, -0.15) is 4.31 Å². The minimum Gasteiger partial charge on any atom is -0.495 e. The van der Waals surface area contributed by atoms with Gasteiger partial charge in [0.2, 0.25) is 10.0 Å². The maximum Gasteiger partial charge on any atom is 0.573 e. The van der Waals surface area contributed by atoms with Crippen LogP contribution in [0.15, 0.2) is 52.3 Å². The Morgan fingerprint density at radius 2 is 1.50 bits per heavy atom. The molecule has 1 saturated heterocycles. The van der Waals surface area contributed by atoms with Gasteiger partial charge in [-0.15, -0.1) is 13.2 Å². The van der Waals surface area contributed by atoms with E-state index in [0.29, 0.717) is 13.1 Å². The van der Waals surface area contributed by atoms with E-state index in [2.05, 4.69) is 9.46 Å². The zero-order valence-corrected chi connectivity index (χ0v) is 18.6. The van der Waals surface area contributed by atoms with Crippen LogP contribution < -0.4 is 14.2 Å². The van der Waals surface area contributed by atoms with Crippen molar-refractivity contribution < 1.29 is 39.5 Å². The van der Waals surface area contributed by atoms with Gasteiger partial charge in [0, 0.05) is 13.1 Å². The number of anilines is 1. The van der Waals surface area contributed by atoms with Crippen LogP contribution in [0.2, 0.25) is 0 Å². The Morgan fingerprint density at radius 1 is 0.906 bits per heavy atom. The van der Waals surface area contributed by atoms with E-state index in [-0.39, 0.29) is 21.2 Å². The molecule has 0 spiro atoms. The molecule has 0 unspecified atom stereocenters. The molecular weight excluding hydrogens is 473 g/mol. The molecule has 1 aliphatic rings. The molecule has 0 bridgehead atoms. The fourth-order valence-electron chi connectivity index (χ4n) is 3.21. The van der Waals surface area contributed by atoms with Gasteiger partial charge in [0.25, 0.3) is 10.0 Å². The van der Waals surface area contributed by atoms with Gasteiger partial charge < -0.3 is 9.47 Å². The second-order valence-electron chi connectivity index (χ2n) is 6.95. The lowest BCUT2D eigenvalue weighted by molar-refractivity contribution is -0.274. The van der Waals surface area contributed by atoms with Crippen LogP contribution in [0.3, 0.4) is 0 Å². The number of hydrogen-bond acceptors (Lipinski definition) is 6. The van der Waals surface area contributed by atoms with Crippen LogP contribution in [-0.2, 0) is 20.0 Å². The number of alkyl halides is 3. The summed E-state index contributed by atoms with van der Waals surface area (Å²) in [6, 6.07) is 7.39. The highest BCUT2D eigenvalue weighted by Gasteiger charge is 2.31. The molecule has 2 aromatic rings. The number of halogens is 3. The minimum atomic E-state index is -4.91. The zero-order valence-electron chi connectivity index (χ0n) is 16.9. The molecule has 32 heavy (non-hydrogen) atoms. The van der Waals surface area contributed by atoms with Gasteiger partial charge in [-0.05, 0) is 55.3 Å². The predicted molar refractivity (Wildman–Crippen MR) is 110 cm³/mol. The Hall–Kier alpha value is -2.51. The van der Waals surface area contributed by atoms with Crippen LogP contribution in [0.1, 0.15) is 19.3 Å². The number of rotatable bonds is 7. The second-order valence-corrected chi connectivity index (χ2v) is 10.6. The van der Waals surface area contributed by atoms with Crippen molar-refractivity contribution in [1.82, 2.24) is 4.31 Å². The molecule has 1 N–H and O–H groups in total. The van der Waals surface area contributed by atoms with Crippen molar-refractivity contribution in [3.63, 3.8) is 0 Å². The van der Waals surface area contributed by atoms with Gasteiger partial charge in [-0.25, -0.2) is 16.8 Å². The fourth-order valence-corrected chi connectivity index (χ4v) is 5.81. The lowest BCUT2D eigenvalue weighted by Crippen LogP contribution is -2.35. The van der Waals surface area contributed by atoms with Gasteiger partial charge in [-0.3, -0.25) is 4.72 Å². The van der Waals surface area contributed by atoms with Crippen molar-refractivity contribution in [2.24, 2.45) is 0 Å². The minimum absolute atomic E-state index is 0.0724. The Balaban J connectivity index is 1.89. The third-order valence-electron chi connectivity index (χ3n) is 4.74. The SMILES string of the molecule is COc1ccc(S(=O)(=O)N2CCCCC2)cc1NS(=O)(=O)c1ccc(OC(F)(F)F)cc1. The Bertz CT molecular complexity index is 1160. The predicted octanol–water partition coefficient (Wildman–Crippen LogP) is 3.57. The first-order valence-electron chi connectivity index (χ1n) is 9.49. The standard InChI is InChI=1S/C19H21F3N2O6S2/c1-29-18-10-9-16(32(27,28)24-11-3-2-4-12-24)13-17(18)23-31(25,26)15-7-5-14(6-8-15)30-19(20,21)22/h5-10,13,23H,2-4,11-12H2,1H3. The molecule has 1 heterocycles. The van der Waals surface area contributed by atoms with E-state index in [9.17, 15) is 30.0 Å². The summed E-state index contributed by atoms with van der Waals surface area (Å²) >= 11 is 0. The molecule has 0 radical (unpaired) electrons. The second kappa shape index (κ2) is 9.16. The highest BCUT2D eigenvalue weighted by molar-refractivity contribution is 7.92. The van der Waals surface area contributed by atoms with Crippen LogP contribution in [-0.4, -0.2) is 47.7 Å². The van der Waals surface area contributed by atoms with Crippen LogP contribution in [0, 0.1) is 0 Å². The van der Waals surface area contributed by atoms with Crippen molar-refractivity contribution in [2.45, 2.75) is 35.4 Å². The maximum atomic E-state index is 12.9. The molecule has 1 fully saturated rings. The average molecular weight is 495 g/mol. The number of sulfonamides is 2. The largest absolute Gasteiger partial charge is 0.573 e. The van der Waals surface area contributed by atoms with E-state index in [1.54, 1.807) is 0 Å². The zero-order chi connectivity index (χ0) is 23.6. The molecule has 0 aliphatic carbocycles. The van der Waals surface area contributed by atoms with Gasteiger partial charge in [0.15, 0.2) is 0 Å². The van der Waals surface area contributed by atoms with Gasteiger partial charge in [-0.1, -0.05) is 6.42 Å². The number of benzene rings is 2. The molecule has 8 nitrogen and oxygen atoms in total. The van der Waals surface area contributed by atoms with Crippen molar-refractivity contribution >= 4 is 25.7 Å². The number of ether oxygens (including phenoxy) is 2. The van der Waals surface area contributed by atoms with E-state index in [1.165, 1.54) is 23.5 Å². The van der Waals surface area contributed by atoms with Crippen LogP contribution >= 0.6 is 0 Å². The first kappa shape index (κ1) is 24.1. The average Bonchev–Trinajstić information content (AvgIpc) is 2.73. The fraction of sp³-hybridized carbons (Fsp3) is 0.368. The van der Waals surface area contributed by atoms with Crippen molar-refractivity contribution in [2.75, 3.05) is 24.9 Å². The highest BCUT2D eigenvalue weighted by Crippen LogP contribution is 2.32. The van der Waals surface area contributed by atoms with E-state index >= 15 is 0 Å². The van der Waals surface area contributed by atoms with Crippen LogP contribution in [0.25, 0.3) is 0 Å². The van der Waals surface area contributed by atoms with Crippen molar-refractivity contribution in [3.05, 3.63) is 42.5 Å². The smallest absolute Gasteiger partial charge is 0.495 e. The first-order chi connectivity index (χ1) is 14.9. The lowest BCUT2D eigenvalue weighted by atomic mass is 10.2. The molecule has 0 amide bonds. The topological polar surface area (TPSA) is 102 Å². The Morgan fingerprint density at radius 3 is 2.06 bits per heavy atom. The lowest BCUT2D eigenvalue weighted by Gasteiger charge is -2.26. The van der Waals surface area contributed by atoms with E-state index in [1.807, 2.05) is 0 Å². The summed E-state index contributed by atoms with van der Waals surface area (Å²) in [5, 5.41) is 0. The number of nitrogens with one attached hydrogen (secondary N) is 1. The highest BCUT2D eigenvalue weighted by atomic mass is 32.2. The summed E-state index contributed by atoms with van der Waals surface area (Å²) in [5.41, 5.74) is -0.124. The molecule has 0 aromatic heterocycles. The van der Waals surface area contributed by atoms with E-state index < -0.39 is 32.2 Å². The van der Waals surface area contributed by atoms with E-state index in [0.717, 1.165) is 49.6 Å². The monoisotopic (exact) mass is 494 g/mol. The summed E-state index contributed by atoms with van der Waals surface area (Å²) < 4.78 is 101. The first-order valence-corrected chi connectivity index (χ1v) is 12.4. The number of hydrogen-bond donors (Lipinski definition) is 1. The summed E-state index contributed by atoms with van der Waals surface area (Å²) in [6.07, 6.45) is -2.50. The third-order valence-corrected chi connectivity index (χ3v) is 8.01. The molecule has 176 valence electrons. The molecule has 0 saturated carbocycles. The summed E-state index contributed by atoms with van der Waals surface area (Å²) in [4.78, 5) is -0.454. The Labute approximate surface area is 184 Å². The molecular formula is C19H21F3N2O6S2. The van der Waals surface area contributed by atoms with Crippen molar-refractivity contribution in [1.29, 1.82) is 0 Å². The molecule has 2 aromatic carbocycles. The normalized spacial score (nSPS) is 15.9. The van der Waals surface area contributed by atoms with Gasteiger partial charge >= 0.3 is 6.36 Å². The molecule has 1 aliphatic heterocycles. The quantitative estimate of drug-likeness (QED) is 0.632. The van der Waals surface area contributed by atoms with Gasteiger partial charge in [0.05, 0.1) is 22.6 Å². The van der Waals surface area contributed by atoms with Crippen LogP contribution in [0.4, 0.5) is 18.9 Å². The van der Waals surface area contributed by atoms with Crippen molar-refractivity contribution in [3.8, 4) is 11.5 Å². The molecule has 0 atom stereocenters. The Kier molecular flexibility index (Phi) is 6.91. The third kappa shape index (κ3) is 5.64. The summed E-state index contributed by atoms with van der Waals surface area (Å²) in [7, 11) is -6.81. The molecule has 3 rings (SSSR count). The number of methoxy groups -OCH3 is 1. The number of piperidine rings is 1. The summed E-state index contributed by atoms with van der Waals surface area (Å²) in [5.74, 6) is -0.508. The van der Waals surface area contributed by atoms with Gasteiger partial charge in [0.1, 0.15) is 11.5 Å². The maximum absolute atomic E-state index is 12.9. The van der Waals surface area contributed by atoms with Crippen LogP contribution in [0.5, 0.6) is 11.5 Å². The summed E-state index contributed by atoms with van der Waals surface area (Å²) in [6.45, 7) is 0.754.